The van der Waals surface area contributed by atoms with Gasteiger partial charge in [-0.05, 0) is 33.4 Å². The van der Waals surface area contributed by atoms with Crippen LogP contribution in [0, 0.1) is 0 Å². The van der Waals surface area contributed by atoms with E-state index in [0.717, 1.165) is 0 Å². The fraction of sp³-hybridized carbons (Fsp3) is 0.143. The predicted molar refractivity (Wildman–Crippen MR) is 117 cm³/mol. The highest BCUT2D eigenvalue weighted by Gasteiger charge is 2.48. The van der Waals surface area contributed by atoms with Gasteiger partial charge < -0.3 is 0 Å². The molecule has 136 valence electrons. The Morgan fingerprint density at radius 1 is 0.393 bits per heavy atom. The molecule has 4 aromatic rings. The second-order valence-corrected chi connectivity index (χ2v) is 8.20. The lowest BCUT2D eigenvalue weighted by atomic mass is 9.54. The third-order valence-corrected chi connectivity index (χ3v) is 6.42. The van der Waals surface area contributed by atoms with Crippen LogP contribution in [0.5, 0.6) is 0 Å². The van der Waals surface area contributed by atoms with Crippen LogP contribution < -0.4 is 0 Å². The smallest absolute Gasteiger partial charge is 0.0622 e. The van der Waals surface area contributed by atoms with Gasteiger partial charge in [-0.1, -0.05) is 123 Å². The van der Waals surface area contributed by atoms with Gasteiger partial charge >= 0.3 is 0 Å². The van der Waals surface area contributed by atoms with Crippen LogP contribution in [-0.2, 0) is 10.8 Å². The molecule has 0 aromatic heterocycles. The fourth-order valence-corrected chi connectivity index (χ4v) is 5.17. The topological polar surface area (TPSA) is 0 Å². The Morgan fingerprint density at radius 2 is 0.714 bits per heavy atom. The van der Waals surface area contributed by atoms with Crippen LogP contribution >= 0.6 is 0 Å². The monoisotopic (exact) mass is 360 g/mol. The van der Waals surface area contributed by atoms with Crippen LogP contribution in [-0.4, -0.2) is 0 Å². The predicted octanol–water partition coefficient (Wildman–Crippen LogP) is 6.71. The van der Waals surface area contributed by atoms with Gasteiger partial charge in [0.1, 0.15) is 0 Å². The largest absolute Gasteiger partial charge is 0.0707 e. The fourth-order valence-electron chi connectivity index (χ4n) is 5.17. The summed E-state index contributed by atoms with van der Waals surface area (Å²) in [5.41, 5.74) is 7.86. The Morgan fingerprint density at radius 3 is 1.11 bits per heavy atom. The zero-order chi connectivity index (χ0) is 19.2. The molecule has 5 rings (SSSR count). The van der Waals surface area contributed by atoms with Crippen LogP contribution in [0.15, 0.2) is 109 Å². The molecule has 0 aliphatic heterocycles. The molecule has 0 heteroatoms. The molecule has 1 aliphatic rings. The minimum Gasteiger partial charge on any atom is -0.0622 e. The maximum absolute atomic E-state index is 2.35. The molecule has 0 fully saturated rings. The molecule has 1 aliphatic carbocycles. The van der Waals surface area contributed by atoms with Gasteiger partial charge in [-0.3, -0.25) is 0 Å². The molecule has 0 heterocycles. The molecule has 0 bridgehead atoms. The van der Waals surface area contributed by atoms with Crippen LogP contribution in [0.25, 0.3) is 0 Å². The first-order valence-corrected chi connectivity index (χ1v) is 9.98. The van der Waals surface area contributed by atoms with Crippen molar-refractivity contribution in [1.29, 1.82) is 0 Å². The lowest BCUT2D eigenvalue weighted by Crippen LogP contribution is -2.41. The number of benzene rings is 4. The molecular formula is C28H24. The van der Waals surface area contributed by atoms with Gasteiger partial charge in [0, 0.05) is 5.41 Å². The van der Waals surface area contributed by atoms with E-state index in [0.29, 0.717) is 0 Å². The maximum Gasteiger partial charge on any atom is 0.0707 e. The van der Waals surface area contributed by atoms with Crippen LogP contribution in [0.2, 0.25) is 0 Å². The van der Waals surface area contributed by atoms with Gasteiger partial charge in [0.05, 0.1) is 5.41 Å². The molecule has 4 aromatic carbocycles. The van der Waals surface area contributed by atoms with Crippen molar-refractivity contribution in [3.05, 3.63) is 143 Å². The quantitative estimate of drug-likeness (QED) is 0.373. The first-order valence-electron chi connectivity index (χ1n) is 9.98. The summed E-state index contributed by atoms with van der Waals surface area (Å²) in [6.45, 7) is 4.70. The third kappa shape index (κ3) is 2.18. The van der Waals surface area contributed by atoms with E-state index in [-0.39, 0.29) is 10.8 Å². The first-order chi connectivity index (χ1) is 13.7. The van der Waals surface area contributed by atoms with Crippen molar-refractivity contribution in [2.24, 2.45) is 0 Å². The van der Waals surface area contributed by atoms with Crippen molar-refractivity contribution in [3.8, 4) is 0 Å². The lowest BCUT2D eigenvalue weighted by Gasteiger charge is -2.48. The Hall–Kier alpha value is -3.12. The number of rotatable bonds is 2. The molecule has 0 amide bonds. The standard InChI is InChI=1S/C28H24/c1-27(2)23-17-9-11-19-25(23)28(21-13-5-3-6-14-21,22-15-7-4-8-16-22)26-20-12-10-18-24(26)27/h3-20H,1-2H3. The highest BCUT2D eigenvalue weighted by atomic mass is 14.5. The van der Waals surface area contributed by atoms with E-state index in [1.54, 1.807) is 0 Å². The van der Waals surface area contributed by atoms with Gasteiger partial charge in [-0.25, -0.2) is 0 Å². The Labute approximate surface area is 167 Å². The van der Waals surface area contributed by atoms with E-state index in [1.165, 1.54) is 33.4 Å². The van der Waals surface area contributed by atoms with E-state index in [4.69, 9.17) is 0 Å². The normalized spacial score (nSPS) is 16.1. The van der Waals surface area contributed by atoms with Crippen molar-refractivity contribution < 1.29 is 0 Å². The minimum absolute atomic E-state index is 0.0414. The minimum atomic E-state index is -0.314. The average Bonchev–Trinajstić information content (AvgIpc) is 2.76. The summed E-state index contributed by atoms with van der Waals surface area (Å²) in [5, 5.41) is 0. The molecule has 28 heavy (non-hydrogen) atoms. The van der Waals surface area contributed by atoms with Crippen LogP contribution in [0.1, 0.15) is 47.2 Å². The molecule has 0 N–H and O–H groups in total. The van der Waals surface area contributed by atoms with Crippen molar-refractivity contribution >= 4 is 0 Å². The second kappa shape index (κ2) is 6.21. The molecule has 0 radical (unpaired) electrons. The molecule has 0 atom stereocenters. The molecule has 0 saturated heterocycles. The van der Waals surface area contributed by atoms with Gasteiger partial charge in [-0.15, -0.1) is 0 Å². The van der Waals surface area contributed by atoms with Gasteiger partial charge in [-0.2, -0.15) is 0 Å². The zero-order valence-corrected chi connectivity index (χ0v) is 16.4. The summed E-state index contributed by atoms with van der Waals surface area (Å²) in [7, 11) is 0. The SMILES string of the molecule is CC1(C)c2ccccc2C(c2ccccc2)(c2ccccc2)c2ccccc21. The Kier molecular flexibility index (Phi) is 3.77. The van der Waals surface area contributed by atoms with Gasteiger partial charge in [0.15, 0.2) is 0 Å². The van der Waals surface area contributed by atoms with Crippen molar-refractivity contribution in [1.82, 2.24) is 0 Å². The van der Waals surface area contributed by atoms with Crippen molar-refractivity contribution in [2.75, 3.05) is 0 Å². The molecule has 0 nitrogen and oxygen atoms in total. The summed E-state index contributed by atoms with van der Waals surface area (Å²) in [6.07, 6.45) is 0. The van der Waals surface area contributed by atoms with E-state index < -0.39 is 0 Å². The number of fused-ring (bicyclic) bond motifs is 2. The van der Waals surface area contributed by atoms with E-state index in [1.807, 2.05) is 0 Å². The summed E-state index contributed by atoms with van der Waals surface area (Å²) in [6, 6.07) is 39.9. The first kappa shape index (κ1) is 17.0. The third-order valence-electron chi connectivity index (χ3n) is 6.42. The molecule has 0 unspecified atom stereocenters. The van der Waals surface area contributed by atoms with Crippen molar-refractivity contribution in [3.63, 3.8) is 0 Å². The van der Waals surface area contributed by atoms with Gasteiger partial charge in [0.2, 0.25) is 0 Å². The van der Waals surface area contributed by atoms with E-state index in [9.17, 15) is 0 Å². The zero-order valence-electron chi connectivity index (χ0n) is 16.4. The average molecular weight is 361 g/mol. The maximum atomic E-state index is 2.35. The highest BCUT2D eigenvalue weighted by molar-refractivity contribution is 5.69. The van der Waals surface area contributed by atoms with E-state index >= 15 is 0 Å². The molecule has 0 saturated carbocycles. The van der Waals surface area contributed by atoms with Gasteiger partial charge in [0.25, 0.3) is 0 Å². The molecular weight excluding hydrogens is 336 g/mol. The van der Waals surface area contributed by atoms with Crippen LogP contribution in [0.3, 0.4) is 0 Å². The summed E-state index contributed by atoms with van der Waals surface area (Å²) in [5.74, 6) is 0. The second-order valence-electron chi connectivity index (χ2n) is 8.20. The lowest BCUT2D eigenvalue weighted by molar-refractivity contribution is 0.558. The van der Waals surface area contributed by atoms with Crippen molar-refractivity contribution in [2.45, 2.75) is 24.7 Å². The van der Waals surface area contributed by atoms with Crippen LogP contribution in [0.4, 0.5) is 0 Å². The van der Waals surface area contributed by atoms with E-state index in [2.05, 4.69) is 123 Å². The Bertz CT molecular complexity index is 1030. The number of hydrogen-bond donors (Lipinski definition) is 0. The summed E-state index contributed by atoms with van der Waals surface area (Å²) < 4.78 is 0. The number of hydrogen-bond acceptors (Lipinski definition) is 0. The summed E-state index contributed by atoms with van der Waals surface area (Å²) in [4.78, 5) is 0. The Balaban J connectivity index is 2.01. The summed E-state index contributed by atoms with van der Waals surface area (Å²) >= 11 is 0. The highest BCUT2D eigenvalue weighted by Crippen LogP contribution is 2.55. The molecule has 0 spiro atoms.